The lowest BCUT2D eigenvalue weighted by molar-refractivity contribution is -0.248. The first-order chi connectivity index (χ1) is 48.9. The highest BCUT2D eigenvalue weighted by molar-refractivity contribution is 7.89. The summed E-state index contributed by atoms with van der Waals surface area (Å²) in [4.78, 5) is 133. The van der Waals surface area contributed by atoms with Gasteiger partial charge in [0.15, 0.2) is 10.8 Å². The number of carbonyl (C=O) groups excluding carboxylic acids is 8. The number of hydrogen-bond acceptors (Lipinski definition) is 18. The Hall–Kier alpha value is -9.65. The minimum Gasteiger partial charge on any atom is -0.476 e. The molecule has 28 nitrogen and oxygen atoms in total. The molecule has 0 radical (unpaired) electrons. The fourth-order valence-corrected chi connectivity index (χ4v) is 18.3. The molecule has 4 bridgehead atoms. The van der Waals surface area contributed by atoms with Gasteiger partial charge in [0.2, 0.25) is 21.8 Å². The molecule has 4 aliphatic carbocycles. The number of carboxylic acid groups (broad SMARTS) is 1. The van der Waals surface area contributed by atoms with Gasteiger partial charge < -0.3 is 46.5 Å². The summed E-state index contributed by atoms with van der Waals surface area (Å²) in [7, 11) is -4.05. The third-order valence-corrected chi connectivity index (χ3v) is 22.2. The first kappa shape index (κ1) is 74.5. The van der Waals surface area contributed by atoms with E-state index in [4.69, 9.17) is 36.2 Å². The van der Waals surface area contributed by atoms with E-state index in [1.807, 2.05) is 59.0 Å². The predicted molar refractivity (Wildman–Crippen MR) is 386 cm³/mol. The first-order valence-corrected chi connectivity index (χ1v) is 37.4. The summed E-state index contributed by atoms with van der Waals surface area (Å²) in [6.07, 6.45) is 10.5. The summed E-state index contributed by atoms with van der Waals surface area (Å²) >= 11 is 1.40. The second kappa shape index (κ2) is 30.7. The van der Waals surface area contributed by atoms with Crippen LogP contribution in [0.4, 0.5) is 26.2 Å². The number of anilines is 3. The number of nitrogens with one attached hydrogen (secondary N) is 3. The van der Waals surface area contributed by atoms with E-state index >= 15 is 0 Å². The van der Waals surface area contributed by atoms with Crippen molar-refractivity contribution in [1.29, 1.82) is 0 Å². The van der Waals surface area contributed by atoms with Gasteiger partial charge in [-0.15, -0.1) is 0 Å². The number of aromatic nitrogens is 4. The molecule has 0 spiro atoms. The number of primary amides is 2. The van der Waals surface area contributed by atoms with Gasteiger partial charge in [-0.25, -0.2) is 37.9 Å². The molecule has 4 fully saturated rings. The summed E-state index contributed by atoms with van der Waals surface area (Å²) in [5.74, 6) is -4.79. The Kier molecular flexibility index (Phi) is 22.2. The summed E-state index contributed by atoms with van der Waals surface area (Å²) in [6.45, 7) is 11.1. The Bertz CT molecular complexity index is 4350. The van der Waals surface area contributed by atoms with Gasteiger partial charge in [0, 0.05) is 92.5 Å². The van der Waals surface area contributed by atoms with Crippen LogP contribution < -0.4 is 42.4 Å². The number of para-hydroxylation sites is 1. The smallest absolute Gasteiger partial charge is 0.410 e. The summed E-state index contributed by atoms with van der Waals surface area (Å²) in [6, 6.07) is 20.0. The van der Waals surface area contributed by atoms with Crippen molar-refractivity contribution in [3.8, 4) is 11.1 Å². The number of primary sulfonamides is 1. The number of amides is 9. The zero-order chi connectivity index (χ0) is 73.8. The summed E-state index contributed by atoms with van der Waals surface area (Å²) < 4.78 is 40.6. The van der Waals surface area contributed by atoms with Crippen molar-refractivity contribution in [2.75, 3.05) is 60.2 Å². The van der Waals surface area contributed by atoms with E-state index in [1.165, 1.54) is 45.4 Å². The number of carbonyl (C=O) groups is 9. The monoisotopic (exact) mass is 1450 g/mol. The fraction of sp³-hybridized carbons (Fsp3) is 0.479. The van der Waals surface area contributed by atoms with E-state index in [0.29, 0.717) is 84.9 Å². The molecule has 2 aliphatic heterocycles. The zero-order valence-corrected chi connectivity index (χ0v) is 60.2. The number of fused-ring (bicyclic) bond motifs is 2. The number of rotatable bonds is 32. The zero-order valence-electron chi connectivity index (χ0n) is 58.6. The SMILES string of the molecule is Cc1c(-c2ccc(N3CCc4cccc(C(=O)Nc5nc6ccccc6s5)c4C3)nc2C(=O)O)cnn1CC12CC3(C)CC(C)(C1)CC(OCCN(CCS(N)(=O)=O)C(=O)OCc1ccc(N(C(=O)[C@@H](NC(=O)CCCCCN4C(=O)C=CC4=O)C(C)C)[C@@H](CCCNC(N)=O)C(N)=O)cc1)(C3)C2. The van der Waals surface area contributed by atoms with Crippen LogP contribution in [-0.2, 0) is 69.6 Å². The number of ether oxygens (including phenoxy) is 2. The third kappa shape index (κ3) is 17.5. The minimum atomic E-state index is -4.05. The van der Waals surface area contributed by atoms with Crippen LogP contribution in [0, 0.1) is 29.1 Å². The number of unbranched alkanes of at least 4 members (excludes halogenated alkanes) is 2. The van der Waals surface area contributed by atoms with Crippen molar-refractivity contribution >= 4 is 102 Å². The lowest BCUT2D eigenvalue weighted by Crippen LogP contribution is -2.64. The van der Waals surface area contributed by atoms with Crippen LogP contribution in [0.2, 0.25) is 0 Å². The number of sulfonamides is 1. The van der Waals surface area contributed by atoms with E-state index in [9.17, 15) is 56.7 Å². The number of nitrogens with two attached hydrogens (primary N) is 3. The van der Waals surface area contributed by atoms with Crippen LogP contribution in [-0.4, -0.2) is 159 Å². The van der Waals surface area contributed by atoms with Crippen molar-refractivity contribution < 1.29 is 66.1 Å². The molecule has 30 heteroatoms. The Morgan fingerprint density at radius 3 is 2.23 bits per heavy atom. The van der Waals surface area contributed by atoms with E-state index in [0.717, 1.165) is 64.0 Å². The van der Waals surface area contributed by atoms with Crippen LogP contribution in [0.15, 0.2) is 97.2 Å². The Balaban J connectivity index is 0.740. The second-order valence-corrected chi connectivity index (χ2v) is 32.1. The highest BCUT2D eigenvalue weighted by Crippen LogP contribution is 2.72. The van der Waals surface area contributed by atoms with Crippen LogP contribution in [0.25, 0.3) is 21.3 Å². The lowest BCUT2D eigenvalue weighted by Gasteiger charge is -2.69. The molecule has 2 unspecified atom stereocenters. The largest absolute Gasteiger partial charge is 0.476 e. The lowest BCUT2D eigenvalue weighted by atomic mass is 9.39. The average Bonchev–Trinajstić information content (AvgIpc) is 1.34. The van der Waals surface area contributed by atoms with Crippen molar-refractivity contribution in [1.82, 2.24) is 40.2 Å². The molecule has 6 aromatic rings. The Morgan fingerprint density at radius 2 is 1.55 bits per heavy atom. The van der Waals surface area contributed by atoms with Gasteiger partial charge in [-0.3, -0.25) is 48.6 Å². The molecule has 12 rings (SSSR count). The van der Waals surface area contributed by atoms with Crippen molar-refractivity contribution in [3.05, 3.63) is 131 Å². The van der Waals surface area contributed by atoms with E-state index in [1.54, 1.807) is 44.3 Å². The van der Waals surface area contributed by atoms with Crippen LogP contribution in [0.5, 0.6) is 0 Å². The van der Waals surface area contributed by atoms with Crippen molar-refractivity contribution in [2.24, 2.45) is 38.8 Å². The maximum absolute atomic E-state index is 14.8. The maximum atomic E-state index is 14.8. The third-order valence-electron chi connectivity index (χ3n) is 20.5. The fourth-order valence-electron chi connectivity index (χ4n) is 17.0. The number of benzene rings is 3. The molecular weight excluding hydrogens is 1360 g/mol. The number of urea groups is 1. The molecular formula is C73H90N14O14S2. The molecule has 548 valence electrons. The van der Waals surface area contributed by atoms with Gasteiger partial charge in [-0.2, -0.15) is 5.10 Å². The number of carboxylic acids is 1. The Labute approximate surface area is 601 Å². The topological polar surface area (TPSA) is 397 Å². The van der Waals surface area contributed by atoms with Gasteiger partial charge in [0.05, 0.1) is 34.4 Å². The van der Waals surface area contributed by atoms with Gasteiger partial charge in [-0.05, 0) is 159 Å². The van der Waals surface area contributed by atoms with Crippen molar-refractivity contribution in [2.45, 2.75) is 155 Å². The molecule has 5 heterocycles. The van der Waals surface area contributed by atoms with Crippen LogP contribution >= 0.6 is 11.3 Å². The first-order valence-electron chi connectivity index (χ1n) is 34.8. The number of hydrogen-bond donors (Lipinski definition) is 7. The predicted octanol–water partition coefficient (Wildman–Crippen LogP) is 7.70. The average molecular weight is 1450 g/mol. The van der Waals surface area contributed by atoms with Gasteiger partial charge in [0.25, 0.3) is 23.6 Å². The highest BCUT2D eigenvalue weighted by atomic mass is 32.2. The molecule has 10 N–H and O–H groups in total. The number of thiazole rings is 1. The molecule has 6 aliphatic rings. The number of nitrogens with zero attached hydrogens (tertiary/aromatic N) is 8. The standard InChI is InChI=1S/C73H90N14O14S2/c1-45(2)61(81-58(88)18-7-6-10-29-85-59(89)25-26-60(85)90)65(93)87(55(63(74)91)16-12-28-77-67(75)96)49-21-19-47(20-22-49)37-100-69(97)83(32-34-103(76,98)99)31-33-101-73-41-70(4)38-71(5,42-73)40-72(39-70,43-73)44-86-46(3)52(35-78-86)50-23-24-57(80-62(50)66(94)95)84-30-27-48-13-11-14-51(53(48)36-84)64(92)82-68-79-54-15-8-9-17-56(54)102-68/h8-9,11,13-15,17,19-26,35,45,55,61H,6-7,10,12,16,18,27-34,36-44H2,1-5H3,(H2,74,91)(H,81,88)(H,94,95)(H3,75,77,96)(H2,76,98,99)(H,79,82,92)/t55-,61-,70?,71?,72?,73?/m0/s1. The van der Waals surface area contributed by atoms with Gasteiger partial charge >= 0.3 is 18.1 Å². The van der Waals surface area contributed by atoms with Gasteiger partial charge in [-0.1, -0.05) is 81.9 Å². The molecule has 103 heavy (non-hydrogen) atoms. The second-order valence-electron chi connectivity index (χ2n) is 29.3. The van der Waals surface area contributed by atoms with Crippen LogP contribution in [0.1, 0.15) is 148 Å². The Morgan fingerprint density at radius 1 is 0.825 bits per heavy atom. The van der Waals surface area contributed by atoms with Crippen molar-refractivity contribution in [3.63, 3.8) is 0 Å². The highest BCUT2D eigenvalue weighted by Gasteiger charge is 2.66. The van der Waals surface area contributed by atoms with Gasteiger partial charge in [0.1, 0.15) is 24.5 Å². The maximum Gasteiger partial charge on any atom is 0.410 e. The quantitative estimate of drug-likeness (QED) is 0.0157. The number of aromatic carboxylic acids is 1. The molecule has 4 saturated carbocycles. The molecule has 3 aromatic heterocycles. The summed E-state index contributed by atoms with van der Waals surface area (Å²) in [5.41, 5.74) is 15.7. The van der Waals surface area contributed by atoms with Crippen LogP contribution in [0.3, 0.4) is 0 Å². The van der Waals surface area contributed by atoms with E-state index in [-0.39, 0.29) is 92.2 Å². The van der Waals surface area contributed by atoms with E-state index in [2.05, 4.69) is 34.8 Å². The normalized spacial score (nSPS) is 21.0. The van der Waals surface area contributed by atoms with E-state index < -0.39 is 87.0 Å². The molecule has 4 atom stereocenters. The molecule has 9 amide bonds. The number of imide groups is 1. The molecule has 0 saturated heterocycles. The molecule has 3 aromatic carbocycles. The minimum absolute atomic E-state index is 0.00606. The number of pyridine rings is 1. The summed E-state index contributed by atoms with van der Waals surface area (Å²) in [5, 5.41) is 30.0.